The summed E-state index contributed by atoms with van der Waals surface area (Å²) in [7, 11) is 0. The van der Waals surface area contributed by atoms with Crippen molar-refractivity contribution in [1.29, 1.82) is 0 Å². The normalized spacial score (nSPS) is 10.6. The summed E-state index contributed by atoms with van der Waals surface area (Å²) >= 11 is 11.6. The molecule has 0 heterocycles. The summed E-state index contributed by atoms with van der Waals surface area (Å²) in [5.41, 5.74) is 0.375. The molecule has 0 bridgehead atoms. The molecule has 0 atom stereocenters. The van der Waals surface area contributed by atoms with Crippen LogP contribution in [0.3, 0.4) is 0 Å². The maximum Gasteiger partial charge on any atom is 0.190 e. The first-order valence-electron chi connectivity index (χ1n) is 4.42. The molecule has 0 saturated heterocycles. The van der Waals surface area contributed by atoms with Crippen LogP contribution in [-0.2, 0) is 4.74 Å². The average Bonchev–Trinajstić information content (AvgIpc) is 2.22. The molecule has 2 nitrogen and oxygen atoms in total. The van der Waals surface area contributed by atoms with Gasteiger partial charge in [-0.25, -0.2) is 0 Å². The third-order valence-electron chi connectivity index (χ3n) is 1.68. The third kappa shape index (κ3) is 3.57. The Morgan fingerprint density at radius 2 is 2.20 bits per heavy atom. The molecule has 0 fully saturated rings. The van der Waals surface area contributed by atoms with Gasteiger partial charge in [0.15, 0.2) is 5.78 Å². The van der Waals surface area contributed by atoms with E-state index in [-0.39, 0.29) is 5.78 Å². The maximum atomic E-state index is 11.6. The second-order valence-electron chi connectivity index (χ2n) is 2.75. The zero-order valence-corrected chi connectivity index (χ0v) is 9.68. The van der Waals surface area contributed by atoms with Crippen molar-refractivity contribution in [2.45, 2.75) is 6.92 Å². The minimum absolute atomic E-state index is 0.226. The lowest BCUT2D eigenvalue weighted by Gasteiger charge is -2.00. The Morgan fingerprint density at radius 1 is 1.47 bits per heavy atom. The van der Waals surface area contributed by atoms with Crippen LogP contribution >= 0.6 is 23.2 Å². The molecule has 0 N–H and O–H groups in total. The van der Waals surface area contributed by atoms with Gasteiger partial charge in [0.05, 0.1) is 17.9 Å². The fourth-order valence-corrected chi connectivity index (χ4v) is 1.37. The molecule has 0 spiro atoms. The molecular formula is C11H10Cl2O2. The lowest BCUT2D eigenvalue weighted by molar-refractivity contribution is 0.104. The summed E-state index contributed by atoms with van der Waals surface area (Å²) in [6.45, 7) is 2.36. The maximum absolute atomic E-state index is 11.6. The second-order valence-corrected chi connectivity index (χ2v) is 3.59. The summed E-state index contributed by atoms with van der Waals surface area (Å²) in [5, 5.41) is 0.859. The van der Waals surface area contributed by atoms with Crippen LogP contribution in [0.15, 0.2) is 30.5 Å². The zero-order chi connectivity index (χ0) is 11.3. The van der Waals surface area contributed by atoms with E-state index in [0.29, 0.717) is 22.2 Å². The van der Waals surface area contributed by atoms with Gasteiger partial charge in [-0.2, -0.15) is 0 Å². The Morgan fingerprint density at radius 3 is 2.87 bits per heavy atom. The van der Waals surface area contributed by atoms with E-state index >= 15 is 0 Å². The van der Waals surface area contributed by atoms with Crippen LogP contribution in [0, 0.1) is 0 Å². The van der Waals surface area contributed by atoms with Gasteiger partial charge in [-0.15, -0.1) is 0 Å². The van der Waals surface area contributed by atoms with E-state index in [1.165, 1.54) is 18.4 Å². The largest absolute Gasteiger partial charge is 0.501 e. The minimum Gasteiger partial charge on any atom is -0.501 e. The van der Waals surface area contributed by atoms with Gasteiger partial charge in [0.1, 0.15) is 0 Å². The zero-order valence-electron chi connectivity index (χ0n) is 8.17. The van der Waals surface area contributed by atoms with Crippen molar-refractivity contribution in [3.05, 3.63) is 46.1 Å². The van der Waals surface area contributed by atoms with Crippen LogP contribution in [0.1, 0.15) is 17.3 Å². The van der Waals surface area contributed by atoms with Crippen LogP contribution in [0.25, 0.3) is 0 Å². The monoisotopic (exact) mass is 244 g/mol. The molecule has 0 amide bonds. The highest BCUT2D eigenvalue weighted by Crippen LogP contribution is 2.21. The van der Waals surface area contributed by atoms with Gasteiger partial charge in [0.2, 0.25) is 0 Å². The number of allylic oxidation sites excluding steroid dienone is 1. The number of carbonyl (C=O) groups excluding carboxylic acids is 1. The predicted molar refractivity (Wildman–Crippen MR) is 61.6 cm³/mol. The summed E-state index contributed by atoms with van der Waals surface area (Å²) in [6, 6.07) is 4.75. The molecule has 1 aromatic carbocycles. The molecule has 0 aliphatic carbocycles. The van der Waals surface area contributed by atoms with Crippen LogP contribution in [0.4, 0.5) is 0 Å². The average molecular weight is 245 g/mol. The van der Waals surface area contributed by atoms with Gasteiger partial charge >= 0.3 is 0 Å². The van der Waals surface area contributed by atoms with Crippen molar-refractivity contribution in [2.75, 3.05) is 6.61 Å². The van der Waals surface area contributed by atoms with Crippen LogP contribution in [0.5, 0.6) is 0 Å². The van der Waals surface area contributed by atoms with E-state index in [9.17, 15) is 4.79 Å². The van der Waals surface area contributed by atoms with Crippen molar-refractivity contribution in [3.8, 4) is 0 Å². The van der Waals surface area contributed by atoms with Crippen molar-refractivity contribution < 1.29 is 9.53 Å². The Balaban J connectivity index is 2.86. The SMILES string of the molecule is CCO/C=C/C(=O)c1cc(Cl)ccc1Cl. The molecule has 1 rings (SSSR count). The molecular weight excluding hydrogens is 235 g/mol. The van der Waals surface area contributed by atoms with Crippen molar-refractivity contribution >= 4 is 29.0 Å². The number of hydrogen-bond donors (Lipinski definition) is 0. The van der Waals surface area contributed by atoms with E-state index < -0.39 is 0 Å². The summed E-state index contributed by atoms with van der Waals surface area (Å²) in [4.78, 5) is 11.6. The van der Waals surface area contributed by atoms with Crippen molar-refractivity contribution in [2.24, 2.45) is 0 Å². The number of ether oxygens (including phenoxy) is 1. The van der Waals surface area contributed by atoms with E-state index in [1.54, 1.807) is 12.1 Å². The first kappa shape index (κ1) is 12.1. The van der Waals surface area contributed by atoms with E-state index in [4.69, 9.17) is 27.9 Å². The number of carbonyl (C=O) groups is 1. The number of hydrogen-bond acceptors (Lipinski definition) is 2. The van der Waals surface area contributed by atoms with E-state index in [1.807, 2.05) is 6.92 Å². The second kappa shape index (κ2) is 5.79. The molecule has 0 unspecified atom stereocenters. The molecule has 0 radical (unpaired) electrons. The standard InChI is InChI=1S/C11H10Cl2O2/c1-2-15-6-5-11(14)9-7-8(12)3-4-10(9)13/h3-7H,2H2,1H3/b6-5+. The van der Waals surface area contributed by atoms with E-state index in [2.05, 4.69) is 0 Å². The van der Waals surface area contributed by atoms with Gasteiger partial charge in [0.25, 0.3) is 0 Å². The van der Waals surface area contributed by atoms with Gasteiger partial charge in [-0.1, -0.05) is 23.2 Å². The first-order valence-corrected chi connectivity index (χ1v) is 5.18. The first-order chi connectivity index (χ1) is 7.15. The van der Waals surface area contributed by atoms with Crippen LogP contribution in [0.2, 0.25) is 10.0 Å². The fraction of sp³-hybridized carbons (Fsp3) is 0.182. The number of halogens is 2. The molecule has 80 valence electrons. The minimum atomic E-state index is -0.226. The highest BCUT2D eigenvalue weighted by atomic mass is 35.5. The van der Waals surface area contributed by atoms with Gasteiger partial charge in [-0.3, -0.25) is 4.79 Å². The number of rotatable bonds is 4. The predicted octanol–water partition coefficient (Wildman–Crippen LogP) is 3.73. The van der Waals surface area contributed by atoms with Crippen LogP contribution < -0.4 is 0 Å². The van der Waals surface area contributed by atoms with Crippen molar-refractivity contribution in [1.82, 2.24) is 0 Å². The molecule has 4 heteroatoms. The lowest BCUT2D eigenvalue weighted by atomic mass is 10.1. The Bertz CT molecular complexity index is 386. The Hall–Kier alpha value is -0.990. The lowest BCUT2D eigenvalue weighted by Crippen LogP contribution is -1.96. The fourth-order valence-electron chi connectivity index (χ4n) is 0.982. The number of ketones is 1. The molecule has 0 aliphatic rings. The van der Waals surface area contributed by atoms with Gasteiger partial charge in [-0.05, 0) is 25.1 Å². The summed E-state index contributed by atoms with van der Waals surface area (Å²) < 4.78 is 4.92. The Labute approximate surface area is 98.4 Å². The summed E-state index contributed by atoms with van der Waals surface area (Å²) in [6.07, 6.45) is 2.67. The smallest absolute Gasteiger partial charge is 0.190 e. The highest BCUT2D eigenvalue weighted by molar-refractivity contribution is 6.36. The quantitative estimate of drug-likeness (QED) is 0.459. The topological polar surface area (TPSA) is 26.3 Å². The molecule has 0 aromatic heterocycles. The number of benzene rings is 1. The van der Waals surface area contributed by atoms with Crippen LogP contribution in [-0.4, -0.2) is 12.4 Å². The molecule has 0 saturated carbocycles. The summed E-state index contributed by atoms with van der Waals surface area (Å²) in [5.74, 6) is -0.226. The Kier molecular flexibility index (Phi) is 4.66. The molecule has 0 aliphatic heterocycles. The van der Waals surface area contributed by atoms with E-state index in [0.717, 1.165) is 0 Å². The highest BCUT2D eigenvalue weighted by Gasteiger charge is 2.07. The molecule has 15 heavy (non-hydrogen) atoms. The van der Waals surface area contributed by atoms with Gasteiger partial charge < -0.3 is 4.74 Å². The molecule has 1 aromatic rings. The third-order valence-corrected chi connectivity index (χ3v) is 2.24. The van der Waals surface area contributed by atoms with Crippen molar-refractivity contribution in [3.63, 3.8) is 0 Å². The van der Waals surface area contributed by atoms with Gasteiger partial charge in [0, 0.05) is 16.7 Å².